The van der Waals surface area contributed by atoms with Crippen molar-refractivity contribution in [1.82, 2.24) is 0 Å². The first-order chi connectivity index (χ1) is 8.52. The van der Waals surface area contributed by atoms with E-state index in [1.54, 1.807) is 7.11 Å². The molecule has 0 aliphatic heterocycles. The fraction of sp³-hybridized carbons (Fsp3) is 0.267. The van der Waals surface area contributed by atoms with E-state index in [0.29, 0.717) is 11.3 Å². The van der Waals surface area contributed by atoms with Crippen LogP contribution in [0, 0.1) is 20.8 Å². The third kappa shape index (κ3) is 2.31. The van der Waals surface area contributed by atoms with E-state index in [1.807, 2.05) is 45.0 Å². The number of methoxy groups -OCH3 is 1. The second-order valence-corrected chi connectivity index (χ2v) is 5.69. The van der Waals surface area contributed by atoms with E-state index in [4.69, 9.17) is 4.74 Å². The Bertz CT molecular complexity index is 597. The van der Waals surface area contributed by atoms with Crippen LogP contribution in [0.25, 0.3) is 0 Å². The number of hydrogen-bond acceptors (Lipinski definition) is 3. The first kappa shape index (κ1) is 12.8. The highest BCUT2D eigenvalue weighted by atomic mass is 32.1. The van der Waals surface area contributed by atoms with Gasteiger partial charge in [-0.05, 0) is 50.1 Å². The molecule has 0 spiro atoms. The van der Waals surface area contributed by atoms with Crippen molar-refractivity contribution in [2.24, 2.45) is 0 Å². The lowest BCUT2D eigenvalue weighted by Gasteiger charge is -2.11. The lowest BCUT2D eigenvalue weighted by atomic mass is 10.00. The Labute approximate surface area is 111 Å². The van der Waals surface area contributed by atoms with E-state index in [2.05, 4.69) is 0 Å². The van der Waals surface area contributed by atoms with Crippen LogP contribution in [0.5, 0.6) is 5.75 Å². The van der Waals surface area contributed by atoms with E-state index in [-0.39, 0.29) is 5.78 Å². The number of hydrogen-bond donors (Lipinski definition) is 0. The standard InChI is InChI=1S/C15H16O2S/c1-9-7-10(2)14(12(8-9)17-4)15(16)13-6-5-11(3)18-13/h5-8H,1-4H3. The molecule has 0 aliphatic rings. The van der Waals surface area contributed by atoms with Crippen molar-refractivity contribution in [3.63, 3.8) is 0 Å². The maximum Gasteiger partial charge on any atom is 0.206 e. The third-order valence-corrected chi connectivity index (χ3v) is 3.85. The van der Waals surface area contributed by atoms with Crippen LogP contribution in [0.1, 0.15) is 31.2 Å². The van der Waals surface area contributed by atoms with Gasteiger partial charge in [-0.1, -0.05) is 6.07 Å². The molecule has 3 heteroatoms. The van der Waals surface area contributed by atoms with Crippen LogP contribution in [-0.2, 0) is 0 Å². The van der Waals surface area contributed by atoms with Gasteiger partial charge in [0.25, 0.3) is 0 Å². The summed E-state index contributed by atoms with van der Waals surface area (Å²) in [5.41, 5.74) is 2.73. The van der Waals surface area contributed by atoms with Crippen LogP contribution in [-0.4, -0.2) is 12.9 Å². The number of ether oxygens (including phenoxy) is 1. The van der Waals surface area contributed by atoms with Gasteiger partial charge in [0, 0.05) is 4.88 Å². The number of benzene rings is 1. The molecule has 2 aromatic rings. The van der Waals surface area contributed by atoms with Crippen LogP contribution in [0.2, 0.25) is 0 Å². The van der Waals surface area contributed by atoms with Crippen molar-refractivity contribution in [2.45, 2.75) is 20.8 Å². The summed E-state index contributed by atoms with van der Waals surface area (Å²) in [5, 5.41) is 0. The summed E-state index contributed by atoms with van der Waals surface area (Å²) < 4.78 is 5.34. The molecule has 0 atom stereocenters. The largest absolute Gasteiger partial charge is 0.496 e. The number of carbonyl (C=O) groups is 1. The average Bonchev–Trinajstić information content (AvgIpc) is 2.74. The Morgan fingerprint density at radius 2 is 1.89 bits per heavy atom. The highest BCUT2D eigenvalue weighted by Crippen LogP contribution is 2.29. The normalized spacial score (nSPS) is 10.4. The number of thiophene rings is 1. The van der Waals surface area contributed by atoms with Gasteiger partial charge in [-0.15, -0.1) is 11.3 Å². The smallest absolute Gasteiger partial charge is 0.206 e. The van der Waals surface area contributed by atoms with Gasteiger partial charge >= 0.3 is 0 Å². The van der Waals surface area contributed by atoms with E-state index in [0.717, 1.165) is 20.9 Å². The number of aryl methyl sites for hydroxylation is 3. The van der Waals surface area contributed by atoms with Gasteiger partial charge in [-0.25, -0.2) is 0 Å². The first-order valence-corrected chi connectivity index (χ1v) is 6.61. The van der Waals surface area contributed by atoms with Crippen molar-refractivity contribution in [1.29, 1.82) is 0 Å². The number of ketones is 1. The second-order valence-electron chi connectivity index (χ2n) is 4.40. The third-order valence-electron chi connectivity index (χ3n) is 2.85. The zero-order valence-electron chi connectivity index (χ0n) is 11.0. The minimum atomic E-state index is 0.0439. The molecule has 1 heterocycles. The summed E-state index contributed by atoms with van der Waals surface area (Å²) in [6.45, 7) is 5.95. The van der Waals surface area contributed by atoms with E-state index < -0.39 is 0 Å². The molecular weight excluding hydrogens is 244 g/mol. The zero-order chi connectivity index (χ0) is 13.3. The quantitative estimate of drug-likeness (QED) is 0.782. The van der Waals surface area contributed by atoms with Crippen molar-refractivity contribution >= 4 is 17.1 Å². The second kappa shape index (κ2) is 4.94. The Morgan fingerprint density at radius 3 is 2.44 bits per heavy atom. The van der Waals surface area contributed by atoms with Gasteiger partial charge in [0.1, 0.15) is 5.75 Å². The molecule has 0 fully saturated rings. The van der Waals surface area contributed by atoms with Crippen molar-refractivity contribution in [3.8, 4) is 5.75 Å². The summed E-state index contributed by atoms with van der Waals surface area (Å²) in [4.78, 5) is 14.4. The summed E-state index contributed by atoms with van der Waals surface area (Å²) >= 11 is 1.52. The van der Waals surface area contributed by atoms with Crippen molar-refractivity contribution in [3.05, 3.63) is 50.7 Å². The Morgan fingerprint density at radius 1 is 1.17 bits per heavy atom. The molecule has 0 saturated carbocycles. The molecule has 94 valence electrons. The zero-order valence-corrected chi connectivity index (χ0v) is 11.9. The lowest BCUT2D eigenvalue weighted by molar-refractivity contribution is 0.103. The maximum atomic E-state index is 12.5. The fourth-order valence-electron chi connectivity index (χ4n) is 2.06. The molecule has 0 bridgehead atoms. The maximum absolute atomic E-state index is 12.5. The molecule has 0 aliphatic carbocycles. The predicted octanol–water partition coefficient (Wildman–Crippen LogP) is 3.91. The molecule has 0 N–H and O–H groups in total. The lowest BCUT2D eigenvalue weighted by Crippen LogP contribution is -2.05. The molecule has 0 unspecified atom stereocenters. The van der Waals surface area contributed by atoms with Crippen LogP contribution < -0.4 is 4.74 Å². The Balaban J connectivity index is 2.54. The highest BCUT2D eigenvalue weighted by molar-refractivity contribution is 7.14. The topological polar surface area (TPSA) is 26.3 Å². The average molecular weight is 260 g/mol. The Hall–Kier alpha value is -1.61. The van der Waals surface area contributed by atoms with Crippen LogP contribution in [0.4, 0.5) is 0 Å². The minimum Gasteiger partial charge on any atom is -0.496 e. The molecule has 1 aromatic heterocycles. The van der Waals surface area contributed by atoms with Gasteiger partial charge in [-0.3, -0.25) is 4.79 Å². The minimum absolute atomic E-state index is 0.0439. The molecule has 0 radical (unpaired) electrons. The fourth-order valence-corrected chi connectivity index (χ4v) is 2.87. The van der Waals surface area contributed by atoms with Gasteiger partial charge in [0.2, 0.25) is 5.78 Å². The summed E-state index contributed by atoms with van der Waals surface area (Å²) in [5.74, 6) is 0.700. The molecule has 1 aromatic carbocycles. The SMILES string of the molecule is COc1cc(C)cc(C)c1C(=O)c1ccc(C)s1. The summed E-state index contributed by atoms with van der Waals surface area (Å²) in [7, 11) is 1.60. The molecule has 2 rings (SSSR count). The Kier molecular flexibility index (Phi) is 3.53. The first-order valence-electron chi connectivity index (χ1n) is 5.79. The van der Waals surface area contributed by atoms with Gasteiger partial charge in [0.15, 0.2) is 0 Å². The van der Waals surface area contributed by atoms with Crippen LogP contribution in [0.3, 0.4) is 0 Å². The number of carbonyl (C=O) groups excluding carboxylic acids is 1. The van der Waals surface area contributed by atoms with Gasteiger partial charge in [0.05, 0.1) is 17.6 Å². The highest BCUT2D eigenvalue weighted by Gasteiger charge is 2.18. The summed E-state index contributed by atoms with van der Waals surface area (Å²) in [6, 6.07) is 7.76. The van der Waals surface area contributed by atoms with Gasteiger partial charge in [-0.2, -0.15) is 0 Å². The van der Waals surface area contributed by atoms with Gasteiger partial charge < -0.3 is 4.74 Å². The van der Waals surface area contributed by atoms with E-state index in [9.17, 15) is 4.79 Å². The van der Waals surface area contributed by atoms with Crippen molar-refractivity contribution in [2.75, 3.05) is 7.11 Å². The molecule has 18 heavy (non-hydrogen) atoms. The molecule has 0 amide bonds. The van der Waals surface area contributed by atoms with Crippen molar-refractivity contribution < 1.29 is 9.53 Å². The van der Waals surface area contributed by atoms with Crippen LogP contribution in [0.15, 0.2) is 24.3 Å². The van der Waals surface area contributed by atoms with Crippen LogP contribution >= 0.6 is 11.3 Å². The predicted molar refractivity (Wildman–Crippen MR) is 75.0 cm³/mol. The molecular formula is C15H16O2S. The summed E-state index contributed by atoms with van der Waals surface area (Å²) in [6.07, 6.45) is 0. The molecule has 0 saturated heterocycles. The number of rotatable bonds is 3. The molecule has 2 nitrogen and oxygen atoms in total. The van der Waals surface area contributed by atoms with E-state index >= 15 is 0 Å². The monoisotopic (exact) mass is 260 g/mol. The van der Waals surface area contributed by atoms with E-state index in [1.165, 1.54) is 11.3 Å².